The van der Waals surface area contributed by atoms with Crippen LogP contribution in [0.2, 0.25) is 0 Å². The van der Waals surface area contributed by atoms with Gasteiger partial charge in [-0.25, -0.2) is 0 Å². The van der Waals surface area contributed by atoms with Crippen molar-refractivity contribution in [2.75, 3.05) is 10.6 Å². The van der Waals surface area contributed by atoms with Gasteiger partial charge in [-0.2, -0.15) is 9.13 Å². The molecule has 4 nitrogen and oxygen atoms in total. The summed E-state index contributed by atoms with van der Waals surface area (Å²) in [5.41, 5.74) is 14.7. The van der Waals surface area contributed by atoms with E-state index in [0.29, 0.717) is 0 Å². The number of nitrogens with one attached hydrogen (secondary N) is 2. The van der Waals surface area contributed by atoms with Crippen molar-refractivity contribution in [1.82, 2.24) is 0 Å². The molecule has 0 saturated heterocycles. The molecule has 42 heavy (non-hydrogen) atoms. The minimum atomic E-state index is 0.932. The van der Waals surface area contributed by atoms with Crippen LogP contribution in [-0.4, -0.2) is 0 Å². The van der Waals surface area contributed by atoms with Crippen LogP contribution in [0, 0.1) is 27.7 Å². The number of nitrogens with zero attached hydrogens (tertiary/aromatic N) is 2. The zero-order valence-corrected chi connectivity index (χ0v) is 25.5. The van der Waals surface area contributed by atoms with E-state index in [0.717, 1.165) is 35.6 Å². The molecule has 6 aromatic rings. The van der Waals surface area contributed by atoms with Crippen molar-refractivity contribution in [2.45, 2.75) is 40.5 Å². The van der Waals surface area contributed by atoms with Gasteiger partial charge < -0.3 is 10.6 Å². The largest absolute Gasteiger partial charge is 0.354 e. The minimum absolute atomic E-state index is 0.932. The first-order valence-electron chi connectivity index (χ1n) is 14.8. The lowest BCUT2D eigenvalue weighted by atomic mass is 10.0. The Morgan fingerprint density at radius 1 is 0.476 bits per heavy atom. The number of rotatable bonds is 7. The highest BCUT2D eigenvalue weighted by atomic mass is 15.0. The Labute approximate surface area is 249 Å². The number of aromatic nitrogens is 2. The summed E-state index contributed by atoms with van der Waals surface area (Å²) in [6.07, 6.45) is 1.86. The molecule has 0 radical (unpaired) electrons. The first-order chi connectivity index (χ1) is 20.3. The fourth-order valence-electron chi connectivity index (χ4n) is 5.95. The summed E-state index contributed by atoms with van der Waals surface area (Å²) in [5.74, 6) is 0. The molecule has 0 bridgehead atoms. The molecule has 2 heterocycles. The maximum absolute atomic E-state index is 3.81. The van der Waals surface area contributed by atoms with Crippen molar-refractivity contribution in [2.24, 2.45) is 14.1 Å². The predicted octanol–water partition coefficient (Wildman–Crippen LogP) is 8.15. The van der Waals surface area contributed by atoms with Crippen LogP contribution in [0.4, 0.5) is 22.7 Å². The van der Waals surface area contributed by atoms with E-state index >= 15 is 0 Å². The first kappa shape index (κ1) is 27.5. The van der Waals surface area contributed by atoms with Gasteiger partial charge in [-0.3, -0.25) is 0 Å². The average Bonchev–Trinajstić information content (AvgIpc) is 2.98. The third-order valence-corrected chi connectivity index (χ3v) is 8.61. The van der Waals surface area contributed by atoms with Crippen molar-refractivity contribution >= 4 is 44.6 Å². The van der Waals surface area contributed by atoms with Gasteiger partial charge in [0.15, 0.2) is 11.4 Å². The lowest BCUT2D eigenvalue weighted by Crippen LogP contribution is -2.33. The van der Waals surface area contributed by atoms with Crippen LogP contribution in [0.1, 0.15) is 33.6 Å². The smallest absolute Gasteiger partial charge is 0.214 e. The molecular formula is C38H40N4+2. The van der Waals surface area contributed by atoms with Crippen molar-refractivity contribution in [3.05, 3.63) is 131 Å². The molecule has 0 aliphatic rings. The second kappa shape index (κ2) is 11.3. The van der Waals surface area contributed by atoms with Crippen LogP contribution >= 0.6 is 0 Å². The van der Waals surface area contributed by atoms with Crippen LogP contribution < -0.4 is 19.8 Å². The Kier molecular flexibility index (Phi) is 7.38. The molecule has 2 N–H and O–H groups in total. The van der Waals surface area contributed by atoms with Gasteiger partial charge in [-0.15, -0.1) is 0 Å². The predicted molar refractivity (Wildman–Crippen MR) is 176 cm³/mol. The summed E-state index contributed by atoms with van der Waals surface area (Å²) in [6.45, 7) is 8.64. The van der Waals surface area contributed by atoms with E-state index in [2.05, 4.69) is 159 Å². The quantitative estimate of drug-likeness (QED) is 0.196. The lowest BCUT2D eigenvalue weighted by molar-refractivity contribution is -0.651. The number of aryl methyl sites for hydroxylation is 8. The van der Waals surface area contributed by atoms with Gasteiger partial charge >= 0.3 is 0 Å². The molecule has 0 fully saturated rings. The van der Waals surface area contributed by atoms with Gasteiger partial charge in [0.2, 0.25) is 11.0 Å². The van der Waals surface area contributed by atoms with E-state index < -0.39 is 0 Å². The average molecular weight is 553 g/mol. The third kappa shape index (κ3) is 5.33. The second-order valence-electron chi connectivity index (χ2n) is 11.6. The molecule has 0 unspecified atom stereocenters. The SMILES string of the molecule is Cc1ccc2c(c1)c(Nc1ccccc1CCc1ccccc1Nc1cc(C)[n+](C)c3ccc(C)cc13)cc(C)[n+]2C. The molecule has 0 spiro atoms. The lowest BCUT2D eigenvalue weighted by Gasteiger charge is -2.16. The van der Waals surface area contributed by atoms with Gasteiger partial charge in [0, 0.05) is 49.5 Å². The minimum Gasteiger partial charge on any atom is -0.354 e. The van der Waals surface area contributed by atoms with E-state index in [1.807, 2.05) is 0 Å². The monoisotopic (exact) mass is 552 g/mol. The van der Waals surface area contributed by atoms with Crippen molar-refractivity contribution in [3.63, 3.8) is 0 Å². The molecule has 0 aliphatic carbocycles. The van der Waals surface area contributed by atoms with Gasteiger partial charge in [-0.1, -0.05) is 48.5 Å². The summed E-state index contributed by atoms with van der Waals surface area (Å²) >= 11 is 0. The summed E-state index contributed by atoms with van der Waals surface area (Å²) in [5, 5.41) is 10.1. The topological polar surface area (TPSA) is 31.8 Å². The summed E-state index contributed by atoms with van der Waals surface area (Å²) in [4.78, 5) is 0. The second-order valence-corrected chi connectivity index (χ2v) is 11.6. The zero-order chi connectivity index (χ0) is 29.4. The number of benzene rings is 4. The number of para-hydroxylation sites is 2. The van der Waals surface area contributed by atoms with E-state index in [9.17, 15) is 0 Å². The van der Waals surface area contributed by atoms with Crippen LogP contribution in [-0.2, 0) is 26.9 Å². The molecule has 0 amide bonds. The highest BCUT2D eigenvalue weighted by molar-refractivity contribution is 5.93. The number of anilines is 4. The zero-order valence-electron chi connectivity index (χ0n) is 25.5. The van der Waals surface area contributed by atoms with E-state index in [4.69, 9.17) is 0 Å². The molecule has 0 saturated carbocycles. The molecular weight excluding hydrogens is 512 g/mol. The molecule has 210 valence electrons. The summed E-state index contributed by atoms with van der Waals surface area (Å²) in [7, 11) is 4.27. The van der Waals surface area contributed by atoms with Gasteiger partial charge in [-0.05, 0) is 73.2 Å². The Morgan fingerprint density at radius 3 is 1.31 bits per heavy atom. The molecule has 4 heteroatoms. The Bertz CT molecular complexity index is 1810. The third-order valence-electron chi connectivity index (χ3n) is 8.61. The summed E-state index contributed by atoms with van der Waals surface area (Å²) in [6, 6.07) is 35.3. The number of hydrogen-bond acceptors (Lipinski definition) is 2. The Hall–Kier alpha value is -4.70. The highest BCUT2D eigenvalue weighted by Gasteiger charge is 2.17. The molecule has 4 aromatic carbocycles. The molecule has 2 aromatic heterocycles. The number of hydrogen-bond donors (Lipinski definition) is 2. The van der Waals surface area contributed by atoms with E-state index in [-0.39, 0.29) is 0 Å². The maximum atomic E-state index is 3.81. The maximum Gasteiger partial charge on any atom is 0.214 e. The van der Waals surface area contributed by atoms with Crippen LogP contribution in [0.15, 0.2) is 97.1 Å². The first-order valence-corrected chi connectivity index (χ1v) is 14.8. The molecule has 6 rings (SSSR count). The highest BCUT2D eigenvalue weighted by Crippen LogP contribution is 2.31. The van der Waals surface area contributed by atoms with Crippen molar-refractivity contribution in [3.8, 4) is 0 Å². The fourth-order valence-corrected chi connectivity index (χ4v) is 5.95. The standard InChI is InChI=1S/C38H38N4/c1-25-15-19-37-31(21-25)35(23-27(3)41(37)5)39-33-13-9-7-11-29(33)17-18-30-12-8-10-14-34(30)40-36-24-28(4)42(6)38-20-16-26(2)22-32(36)38/h7-16,19-24H,17-18H2,1-6H3/p+2. The molecule has 0 atom stereocenters. The number of fused-ring (bicyclic) bond motifs is 2. The van der Waals surface area contributed by atoms with Crippen LogP contribution in [0.5, 0.6) is 0 Å². The van der Waals surface area contributed by atoms with E-state index in [1.165, 1.54) is 55.4 Å². The van der Waals surface area contributed by atoms with Crippen LogP contribution in [0.25, 0.3) is 21.8 Å². The normalized spacial score (nSPS) is 11.3. The van der Waals surface area contributed by atoms with Crippen molar-refractivity contribution < 1.29 is 9.13 Å². The summed E-state index contributed by atoms with van der Waals surface area (Å²) < 4.78 is 4.52. The number of pyridine rings is 2. The van der Waals surface area contributed by atoms with E-state index in [1.54, 1.807) is 0 Å². The Morgan fingerprint density at radius 2 is 0.881 bits per heavy atom. The van der Waals surface area contributed by atoms with Gasteiger partial charge in [0.05, 0.1) is 22.1 Å². The Balaban J connectivity index is 1.29. The molecule has 0 aliphatic heterocycles. The fraction of sp³-hybridized carbons (Fsp3) is 0.211. The van der Waals surface area contributed by atoms with Gasteiger partial charge in [0.25, 0.3) is 0 Å². The van der Waals surface area contributed by atoms with Gasteiger partial charge in [0.1, 0.15) is 14.1 Å². The van der Waals surface area contributed by atoms with Crippen LogP contribution in [0.3, 0.4) is 0 Å². The van der Waals surface area contributed by atoms with Crippen molar-refractivity contribution in [1.29, 1.82) is 0 Å².